The first-order valence-electron chi connectivity index (χ1n) is 5.65. The van der Waals surface area contributed by atoms with Crippen LogP contribution in [0.1, 0.15) is 29.3 Å². The van der Waals surface area contributed by atoms with E-state index in [9.17, 15) is 13.2 Å². The molecule has 18 heavy (non-hydrogen) atoms. The number of amides is 1. The second-order valence-electron chi connectivity index (χ2n) is 4.38. The summed E-state index contributed by atoms with van der Waals surface area (Å²) in [4.78, 5) is 11.2. The topological polar surface area (TPSA) is 103 Å². The summed E-state index contributed by atoms with van der Waals surface area (Å²) in [6.07, 6.45) is 0.404. The molecular formula is C12H18N2O3S. The van der Waals surface area contributed by atoms with Gasteiger partial charge in [0.05, 0.1) is 11.5 Å². The van der Waals surface area contributed by atoms with E-state index in [2.05, 4.69) is 0 Å². The number of carbonyl (C=O) groups is 1. The second-order valence-corrected chi connectivity index (χ2v) is 6.56. The molecule has 1 aromatic rings. The molecule has 1 atom stereocenters. The summed E-state index contributed by atoms with van der Waals surface area (Å²) in [5.41, 5.74) is 11.4. The van der Waals surface area contributed by atoms with Gasteiger partial charge in [-0.2, -0.15) is 0 Å². The number of primary amides is 1. The average molecular weight is 270 g/mol. The molecule has 1 rings (SSSR count). The first-order chi connectivity index (χ1) is 8.32. The van der Waals surface area contributed by atoms with Crippen molar-refractivity contribution in [2.45, 2.75) is 25.1 Å². The van der Waals surface area contributed by atoms with Crippen LogP contribution < -0.4 is 11.5 Å². The number of benzene rings is 1. The van der Waals surface area contributed by atoms with Gasteiger partial charge in [-0.3, -0.25) is 4.79 Å². The predicted molar refractivity (Wildman–Crippen MR) is 70.7 cm³/mol. The summed E-state index contributed by atoms with van der Waals surface area (Å²) < 4.78 is 23.7. The fraction of sp³-hybridized carbons (Fsp3) is 0.417. The third kappa shape index (κ3) is 4.46. The molecule has 0 fully saturated rings. The van der Waals surface area contributed by atoms with Crippen LogP contribution in [0.4, 0.5) is 0 Å². The van der Waals surface area contributed by atoms with Gasteiger partial charge in [0.25, 0.3) is 0 Å². The Balaban J connectivity index is 2.87. The highest BCUT2D eigenvalue weighted by atomic mass is 32.2. The first kappa shape index (κ1) is 14.7. The fourth-order valence-corrected chi connectivity index (χ4v) is 3.16. The number of rotatable bonds is 6. The Bertz CT molecular complexity index is 524. The van der Waals surface area contributed by atoms with Crippen molar-refractivity contribution in [3.63, 3.8) is 0 Å². The van der Waals surface area contributed by atoms with Crippen LogP contribution in [-0.4, -0.2) is 26.1 Å². The molecule has 1 amide bonds. The van der Waals surface area contributed by atoms with Gasteiger partial charge in [0.1, 0.15) is 0 Å². The molecule has 5 nitrogen and oxygen atoms in total. The molecule has 100 valence electrons. The third-order valence-corrected chi connectivity index (χ3v) is 4.15. The molecule has 4 N–H and O–H groups in total. The van der Waals surface area contributed by atoms with Crippen LogP contribution in [0, 0.1) is 0 Å². The minimum absolute atomic E-state index is 0.0117. The van der Waals surface area contributed by atoms with Gasteiger partial charge in [0.2, 0.25) is 5.91 Å². The van der Waals surface area contributed by atoms with E-state index in [1.807, 2.05) is 0 Å². The van der Waals surface area contributed by atoms with Crippen molar-refractivity contribution >= 4 is 15.7 Å². The zero-order valence-corrected chi connectivity index (χ0v) is 11.1. The second kappa shape index (κ2) is 5.97. The molecule has 0 saturated carbocycles. The molecule has 1 aromatic carbocycles. The highest BCUT2D eigenvalue weighted by Crippen LogP contribution is 2.13. The zero-order valence-electron chi connectivity index (χ0n) is 10.3. The number of sulfone groups is 1. The summed E-state index contributed by atoms with van der Waals surface area (Å²) in [7, 11) is -3.27. The maximum atomic E-state index is 11.9. The fourth-order valence-electron chi connectivity index (χ4n) is 1.56. The van der Waals surface area contributed by atoms with Gasteiger partial charge in [-0.05, 0) is 25.0 Å². The molecular weight excluding hydrogens is 252 g/mol. The minimum Gasteiger partial charge on any atom is -0.366 e. The molecule has 0 bridgehead atoms. The maximum Gasteiger partial charge on any atom is 0.249 e. The van der Waals surface area contributed by atoms with Gasteiger partial charge in [-0.25, -0.2) is 8.42 Å². The predicted octanol–water partition coefficient (Wildman–Crippen LogP) is 0.438. The zero-order chi connectivity index (χ0) is 13.8. The van der Waals surface area contributed by atoms with E-state index in [-0.39, 0.29) is 23.1 Å². The highest BCUT2D eigenvalue weighted by Gasteiger charge is 2.16. The van der Waals surface area contributed by atoms with E-state index in [1.165, 1.54) is 6.07 Å². The van der Waals surface area contributed by atoms with Crippen molar-refractivity contribution in [3.05, 3.63) is 35.4 Å². The summed E-state index contributed by atoms with van der Waals surface area (Å²) in [5, 5.41) is 0. The van der Waals surface area contributed by atoms with E-state index in [4.69, 9.17) is 11.5 Å². The quantitative estimate of drug-likeness (QED) is 0.782. The summed E-state index contributed by atoms with van der Waals surface area (Å²) >= 11 is 0. The van der Waals surface area contributed by atoms with Crippen LogP contribution >= 0.6 is 0 Å². The minimum atomic E-state index is -3.27. The Morgan fingerprint density at radius 3 is 2.50 bits per heavy atom. The molecule has 0 aliphatic rings. The number of carbonyl (C=O) groups excluding carboxylic acids is 1. The average Bonchev–Trinajstić information content (AvgIpc) is 2.26. The lowest BCUT2D eigenvalue weighted by molar-refractivity contribution is 0.0999. The Morgan fingerprint density at radius 1 is 1.33 bits per heavy atom. The number of hydrogen-bond acceptors (Lipinski definition) is 4. The van der Waals surface area contributed by atoms with Gasteiger partial charge < -0.3 is 11.5 Å². The molecule has 0 heterocycles. The van der Waals surface area contributed by atoms with Gasteiger partial charge in [-0.1, -0.05) is 18.2 Å². The lowest BCUT2D eigenvalue weighted by Gasteiger charge is -2.09. The third-order valence-electron chi connectivity index (χ3n) is 2.54. The Hall–Kier alpha value is -1.40. The van der Waals surface area contributed by atoms with Crippen LogP contribution in [0.3, 0.4) is 0 Å². The van der Waals surface area contributed by atoms with E-state index in [1.54, 1.807) is 25.1 Å². The van der Waals surface area contributed by atoms with Crippen molar-refractivity contribution in [2.75, 3.05) is 5.75 Å². The normalized spacial score (nSPS) is 13.2. The Kier molecular flexibility index (Phi) is 4.86. The molecule has 0 radical (unpaired) electrons. The lowest BCUT2D eigenvalue weighted by Crippen LogP contribution is -2.22. The first-order valence-corrected chi connectivity index (χ1v) is 7.47. The van der Waals surface area contributed by atoms with Crippen LogP contribution in [0.5, 0.6) is 0 Å². The Labute approximate surface area is 107 Å². The van der Waals surface area contributed by atoms with Crippen molar-refractivity contribution in [2.24, 2.45) is 11.5 Å². The molecule has 0 aliphatic carbocycles. The van der Waals surface area contributed by atoms with Gasteiger partial charge in [0, 0.05) is 11.6 Å². The molecule has 0 aliphatic heterocycles. The smallest absolute Gasteiger partial charge is 0.249 e. The van der Waals surface area contributed by atoms with E-state index in [0.717, 1.165) is 0 Å². The van der Waals surface area contributed by atoms with Gasteiger partial charge in [-0.15, -0.1) is 0 Å². The Morgan fingerprint density at radius 2 is 1.94 bits per heavy atom. The number of hydrogen-bond donors (Lipinski definition) is 2. The summed E-state index contributed by atoms with van der Waals surface area (Å²) in [6.45, 7) is 1.76. The summed E-state index contributed by atoms with van der Waals surface area (Å²) in [5.74, 6) is -0.788. The SMILES string of the molecule is CC(N)CCS(=O)(=O)Cc1ccccc1C(N)=O. The van der Waals surface area contributed by atoms with Crippen LogP contribution in [-0.2, 0) is 15.6 Å². The largest absolute Gasteiger partial charge is 0.366 e. The molecule has 0 aromatic heterocycles. The number of nitrogens with two attached hydrogens (primary N) is 2. The molecule has 1 unspecified atom stereocenters. The molecule has 0 saturated heterocycles. The summed E-state index contributed by atoms with van der Waals surface area (Å²) in [6, 6.07) is 6.30. The highest BCUT2D eigenvalue weighted by molar-refractivity contribution is 7.90. The van der Waals surface area contributed by atoms with Crippen LogP contribution in [0.15, 0.2) is 24.3 Å². The van der Waals surface area contributed by atoms with Gasteiger partial charge >= 0.3 is 0 Å². The van der Waals surface area contributed by atoms with Crippen molar-refractivity contribution in [1.29, 1.82) is 0 Å². The maximum absolute atomic E-state index is 11.9. The van der Waals surface area contributed by atoms with Crippen molar-refractivity contribution in [1.82, 2.24) is 0 Å². The molecule has 6 heteroatoms. The lowest BCUT2D eigenvalue weighted by atomic mass is 10.1. The standard InChI is InChI=1S/C12H18N2O3S/c1-9(13)6-7-18(16,17)8-10-4-2-3-5-11(10)12(14)15/h2-5,9H,6-8,13H2,1H3,(H2,14,15). The molecule has 0 spiro atoms. The van der Waals surface area contributed by atoms with E-state index < -0.39 is 15.7 Å². The van der Waals surface area contributed by atoms with Crippen LogP contribution in [0.2, 0.25) is 0 Å². The van der Waals surface area contributed by atoms with Crippen molar-refractivity contribution < 1.29 is 13.2 Å². The van der Waals surface area contributed by atoms with Gasteiger partial charge in [0.15, 0.2) is 9.84 Å². The van der Waals surface area contributed by atoms with E-state index >= 15 is 0 Å². The van der Waals surface area contributed by atoms with Crippen molar-refractivity contribution in [3.8, 4) is 0 Å². The van der Waals surface area contributed by atoms with Crippen LogP contribution in [0.25, 0.3) is 0 Å². The monoisotopic (exact) mass is 270 g/mol. The van der Waals surface area contributed by atoms with E-state index in [0.29, 0.717) is 12.0 Å².